The second-order valence-electron chi connectivity index (χ2n) is 8.47. The first kappa shape index (κ1) is 25.7. The Morgan fingerprint density at radius 1 is 1.24 bits per heavy atom. The lowest BCUT2D eigenvalue weighted by atomic mass is 10.0. The Morgan fingerprint density at radius 3 is 2.59 bits per heavy atom. The number of hydrogen-bond acceptors (Lipinski definition) is 8. The van der Waals surface area contributed by atoms with Crippen molar-refractivity contribution < 1.29 is 32.0 Å². The standard InChI is InChI=1S/C22H30N4O7S/c1-14-11-26(34(5,29)30)15(2)13-32-19-10-16(24-21(27)18-8-9-23-33-18)6-7-17(19)22(28)25(3)12-20(14)31-4/h6-10,14-15,20H,11-13H2,1-5H3,(H,24,27)/t14-,15-,20+/m0/s1. The van der Waals surface area contributed by atoms with Crippen LogP contribution in [-0.2, 0) is 14.8 Å². The molecule has 0 radical (unpaired) electrons. The number of benzene rings is 1. The fourth-order valence-corrected chi connectivity index (χ4v) is 5.02. The van der Waals surface area contributed by atoms with Crippen molar-refractivity contribution in [1.82, 2.24) is 14.4 Å². The summed E-state index contributed by atoms with van der Waals surface area (Å²) in [5.41, 5.74) is 0.653. The highest BCUT2D eigenvalue weighted by Gasteiger charge is 2.32. The highest BCUT2D eigenvalue weighted by atomic mass is 32.2. The Labute approximate surface area is 199 Å². The first-order chi connectivity index (χ1) is 16.0. The second-order valence-corrected chi connectivity index (χ2v) is 10.4. The number of hydrogen-bond donors (Lipinski definition) is 1. The summed E-state index contributed by atoms with van der Waals surface area (Å²) >= 11 is 0. The molecule has 11 nitrogen and oxygen atoms in total. The van der Waals surface area contributed by atoms with Gasteiger partial charge in [0.15, 0.2) is 0 Å². The van der Waals surface area contributed by atoms with Crippen molar-refractivity contribution in [2.45, 2.75) is 26.0 Å². The lowest BCUT2D eigenvalue weighted by Crippen LogP contribution is -2.48. The Balaban J connectivity index is 1.97. The van der Waals surface area contributed by atoms with Crippen LogP contribution in [-0.4, -0.2) is 86.8 Å². The molecule has 186 valence electrons. The molecule has 0 aliphatic carbocycles. The predicted molar refractivity (Wildman–Crippen MR) is 124 cm³/mol. The number of methoxy groups -OCH3 is 1. The molecule has 2 heterocycles. The third-order valence-electron chi connectivity index (χ3n) is 5.74. The Hall–Kier alpha value is -2.96. The van der Waals surface area contributed by atoms with Gasteiger partial charge in [-0.15, -0.1) is 0 Å². The van der Waals surface area contributed by atoms with Gasteiger partial charge in [-0.2, -0.15) is 4.31 Å². The Morgan fingerprint density at radius 2 is 1.97 bits per heavy atom. The van der Waals surface area contributed by atoms with Crippen LogP contribution in [0.15, 0.2) is 35.0 Å². The summed E-state index contributed by atoms with van der Waals surface area (Å²) in [7, 11) is -0.347. The molecular formula is C22H30N4O7S. The number of ether oxygens (including phenoxy) is 2. The number of carbonyl (C=O) groups is 2. The molecule has 1 N–H and O–H groups in total. The molecule has 0 spiro atoms. The summed E-state index contributed by atoms with van der Waals surface area (Å²) < 4.78 is 42.8. The van der Waals surface area contributed by atoms with Gasteiger partial charge in [-0.3, -0.25) is 9.59 Å². The SMILES string of the molecule is CO[C@@H]1CN(C)C(=O)c2ccc(NC(=O)c3ccno3)cc2OC[C@H](C)N(S(C)(=O)=O)C[C@@H]1C. The molecule has 0 saturated heterocycles. The fraction of sp³-hybridized carbons (Fsp3) is 0.500. The largest absolute Gasteiger partial charge is 0.491 e. The van der Waals surface area contributed by atoms with Crippen LogP contribution in [0.4, 0.5) is 5.69 Å². The highest BCUT2D eigenvalue weighted by molar-refractivity contribution is 7.88. The fourth-order valence-electron chi connectivity index (χ4n) is 3.80. The van der Waals surface area contributed by atoms with Gasteiger partial charge in [-0.1, -0.05) is 12.1 Å². The predicted octanol–water partition coefficient (Wildman–Crippen LogP) is 1.69. The molecule has 0 fully saturated rings. The van der Waals surface area contributed by atoms with Crippen LogP contribution in [0.1, 0.15) is 34.8 Å². The van der Waals surface area contributed by atoms with Crippen molar-refractivity contribution in [2.24, 2.45) is 5.92 Å². The summed E-state index contributed by atoms with van der Waals surface area (Å²) in [5.74, 6) is -0.727. The lowest BCUT2D eigenvalue weighted by molar-refractivity contribution is 0.0213. The van der Waals surface area contributed by atoms with Crippen molar-refractivity contribution in [3.05, 3.63) is 41.8 Å². The van der Waals surface area contributed by atoms with E-state index < -0.39 is 22.0 Å². The van der Waals surface area contributed by atoms with Crippen molar-refractivity contribution >= 4 is 27.5 Å². The maximum atomic E-state index is 13.2. The zero-order valence-corrected chi connectivity index (χ0v) is 20.7. The molecular weight excluding hydrogens is 464 g/mol. The molecule has 1 aliphatic heterocycles. The Bertz CT molecular complexity index is 1120. The zero-order valence-electron chi connectivity index (χ0n) is 19.8. The lowest BCUT2D eigenvalue weighted by Gasteiger charge is -2.34. The van der Waals surface area contributed by atoms with Crippen molar-refractivity contribution in [3.8, 4) is 5.75 Å². The van der Waals surface area contributed by atoms with E-state index in [1.54, 1.807) is 33.2 Å². The van der Waals surface area contributed by atoms with Crippen LogP contribution in [0.25, 0.3) is 0 Å². The van der Waals surface area contributed by atoms with Gasteiger partial charge in [0.1, 0.15) is 12.4 Å². The molecule has 1 aliphatic rings. The maximum Gasteiger partial charge on any atom is 0.294 e. The van der Waals surface area contributed by atoms with Gasteiger partial charge in [-0.25, -0.2) is 8.42 Å². The molecule has 2 aromatic rings. The third-order valence-corrected chi connectivity index (χ3v) is 7.10. The molecule has 1 aromatic carbocycles. The van der Waals surface area contributed by atoms with Gasteiger partial charge >= 0.3 is 0 Å². The van der Waals surface area contributed by atoms with Gasteiger partial charge in [-0.05, 0) is 25.0 Å². The van der Waals surface area contributed by atoms with Crippen LogP contribution in [0.2, 0.25) is 0 Å². The number of nitrogens with zero attached hydrogens (tertiary/aromatic N) is 3. The van der Waals surface area contributed by atoms with E-state index in [2.05, 4.69) is 10.5 Å². The molecule has 3 atom stereocenters. The number of sulfonamides is 1. The summed E-state index contributed by atoms with van der Waals surface area (Å²) in [6.45, 7) is 4.10. The molecule has 0 unspecified atom stereocenters. The zero-order chi connectivity index (χ0) is 25.0. The molecule has 2 amide bonds. The summed E-state index contributed by atoms with van der Waals surface area (Å²) in [5, 5.41) is 6.18. The van der Waals surface area contributed by atoms with E-state index in [9.17, 15) is 18.0 Å². The van der Waals surface area contributed by atoms with Crippen LogP contribution in [0, 0.1) is 5.92 Å². The van der Waals surface area contributed by atoms with E-state index in [4.69, 9.17) is 14.0 Å². The maximum absolute atomic E-state index is 13.2. The van der Waals surface area contributed by atoms with E-state index in [1.165, 1.54) is 27.5 Å². The van der Waals surface area contributed by atoms with Crippen LogP contribution in [0.5, 0.6) is 5.75 Å². The summed E-state index contributed by atoms with van der Waals surface area (Å²) in [6, 6.07) is 5.57. The van der Waals surface area contributed by atoms with Gasteiger partial charge in [0.25, 0.3) is 11.8 Å². The normalized spacial score (nSPS) is 22.8. The number of fused-ring (bicyclic) bond motifs is 1. The second kappa shape index (κ2) is 10.5. The van der Waals surface area contributed by atoms with Crippen molar-refractivity contribution in [3.63, 3.8) is 0 Å². The summed E-state index contributed by atoms with van der Waals surface area (Å²) in [6.07, 6.45) is 2.13. The number of nitrogens with one attached hydrogen (secondary N) is 1. The molecule has 1 aromatic heterocycles. The van der Waals surface area contributed by atoms with E-state index in [0.717, 1.165) is 6.26 Å². The molecule has 34 heavy (non-hydrogen) atoms. The van der Waals surface area contributed by atoms with Crippen molar-refractivity contribution in [1.29, 1.82) is 0 Å². The first-order valence-corrected chi connectivity index (χ1v) is 12.6. The first-order valence-electron chi connectivity index (χ1n) is 10.7. The number of anilines is 1. The minimum atomic E-state index is -3.54. The van der Waals surface area contributed by atoms with Crippen LogP contribution in [0.3, 0.4) is 0 Å². The number of likely N-dealkylation sites (N-methyl/N-ethyl adjacent to an activating group) is 1. The number of carbonyl (C=O) groups excluding carboxylic acids is 2. The number of aromatic nitrogens is 1. The average Bonchev–Trinajstić information content (AvgIpc) is 3.32. The molecule has 3 rings (SSSR count). The van der Waals surface area contributed by atoms with Crippen LogP contribution >= 0.6 is 0 Å². The average molecular weight is 495 g/mol. The third kappa shape index (κ3) is 5.93. The molecule has 0 bridgehead atoms. The van der Waals surface area contributed by atoms with Crippen LogP contribution < -0.4 is 10.1 Å². The van der Waals surface area contributed by atoms with Gasteiger partial charge in [0.05, 0.1) is 30.2 Å². The Kier molecular flexibility index (Phi) is 7.95. The molecule has 0 saturated carbocycles. The molecule has 12 heteroatoms. The van der Waals surface area contributed by atoms with E-state index in [0.29, 0.717) is 5.69 Å². The summed E-state index contributed by atoms with van der Waals surface area (Å²) in [4.78, 5) is 27.1. The highest BCUT2D eigenvalue weighted by Crippen LogP contribution is 2.27. The van der Waals surface area contributed by atoms with E-state index >= 15 is 0 Å². The topological polar surface area (TPSA) is 131 Å². The monoisotopic (exact) mass is 494 g/mol. The minimum absolute atomic E-state index is 0.000929. The van der Waals surface area contributed by atoms with Gasteiger partial charge < -0.3 is 24.2 Å². The quantitative estimate of drug-likeness (QED) is 0.679. The van der Waals surface area contributed by atoms with Gasteiger partial charge in [0.2, 0.25) is 15.8 Å². The number of rotatable bonds is 4. The smallest absolute Gasteiger partial charge is 0.294 e. The van der Waals surface area contributed by atoms with E-state index in [-0.39, 0.29) is 54.7 Å². The van der Waals surface area contributed by atoms with E-state index in [1.807, 2.05) is 6.92 Å². The van der Waals surface area contributed by atoms with Gasteiger partial charge in [0, 0.05) is 45.1 Å². The minimum Gasteiger partial charge on any atom is -0.491 e. The van der Waals surface area contributed by atoms with Crippen molar-refractivity contribution in [2.75, 3.05) is 45.4 Å². The number of amides is 2.